The number of aromatic nitrogens is 2. The fraction of sp³-hybridized carbons (Fsp3) is 0.167. The van der Waals surface area contributed by atoms with E-state index in [0.717, 1.165) is 10.4 Å². The zero-order chi connectivity index (χ0) is 17.8. The van der Waals surface area contributed by atoms with Gasteiger partial charge in [-0.1, -0.05) is 12.1 Å². The molecule has 0 radical (unpaired) electrons. The minimum absolute atomic E-state index is 0.158. The van der Waals surface area contributed by atoms with E-state index in [0.29, 0.717) is 17.1 Å². The lowest BCUT2D eigenvalue weighted by Crippen LogP contribution is -2.29. The van der Waals surface area contributed by atoms with Gasteiger partial charge in [-0.25, -0.2) is 4.68 Å². The Morgan fingerprint density at radius 2 is 2.12 bits per heavy atom. The van der Waals surface area contributed by atoms with Crippen molar-refractivity contribution < 1.29 is 9.53 Å². The minimum Gasteiger partial charge on any atom is -0.497 e. The number of benzene rings is 1. The van der Waals surface area contributed by atoms with Crippen molar-refractivity contribution in [3.8, 4) is 16.3 Å². The van der Waals surface area contributed by atoms with E-state index in [1.54, 1.807) is 19.2 Å². The van der Waals surface area contributed by atoms with Crippen LogP contribution in [0.4, 0.5) is 5.69 Å². The van der Waals surface area contributed by atoms with E-state index in [1.165, 1.54) is 22.1 Å². The summed E-state index contributed by atoms with van der Waals surface area (Å²) in [7, 11) is 1.57. The monoisotopic (exact) mass is 355 g/mol. The van der Waals surface area contributed by atoms with Crippen LogP contribution in [0.3, 0.4) is 0 Å². The Hall–Kier alpha value is -2.93. The molecule has 0 aliphatic carbocycles. The van der Waals surface area contributed by atoms with Crippen LogP contribution < -0.4 is 15.6 Å². The number of rotatable bonds is 5. The standard InChI is InChI=1S/C18H17N3O3S/c1-12-5-6-13(24-2)10-15(12)19-17(22)11-21-18(23)8-7-14(20-21)16-4-3-9-25-16/h3-10H,11H2,1-2H3,(H,19,22). The van der Waals surface area contributed by atoms with Crippen LogP contribution in [0.2, 0.25) is 0 Å². The van der Waals surface area contributed by atoms with Gasteiger partial charge in [0.05, 0.1) is 12.0 Å². The van der Waals surface area contributed by atoms with E-state index in [4.69, 9.17) is 4.74 Å². The summed E-state index contributed by atoms with van der Waals surface area (Å²) in [4.78, 5) is 25.3. The molecule has 0 saturated carbocycles. The molecule has 25 heavy (non-hydrogen) atoms. The molecular formula is C18H17N3O3S. The molecule has 1 aromatic carbocycles. The Labute approximate surface area is 148 Å². The normalized spacial score (nSPS) is 10.5. The van der Waals surface area contributed by atoms with Crippen LogP contribution in [0.15, 0.2) is 52.6 Å². The first-order valence-electron chi connectivity index (χ1n) is 7.63. The van der Waals surface area contributed by atoms with Crippen LogP contribution in [0.5, 0.6) is 5.75 Å². The van der Waals surface area contributed by atoms with Crippen molar-refractivity contribution in [2.75, 3.05) is 12.4 Å². The maximum Gasteiger partial charge on any atom is 0.267 e. The number of hydrogen-bond acceptors (Lipinski definition) is 5. The number of carbonyl (C=O) groups excluding carboxylic acids is 1. The smallest absolute Gasteiger partial charge is 0.267 e. The summed E-state index contributed by atoms with van der Waals surface area (Å²) in [5, 5.41) is 9.02. The molecule has 0 aliphatic rings. The molecule has 7 heteroatoms. The lowest BCUT2D eigenvalue weighted by atomic mass is 10.2. The highest BCUT2D eigenvalue weighted by atomic mass is 32.1. The summed E-state index contributed by atoms with van der Waals surface area (Å²) in [5.41, 5.74) is 1.89. The first kappa shape index (κ1) is 16.9. The van der Waals surface area contributed by atoms with Crippen LogP contribution in [0.25, 0.3) is 10.6 Å². The predicted octanol–water partition coefficient (Wildman–Crippen LogP) is 2.93. The number of carbonyl (C=O) groups is 1. The molecule has 0 spiro atoms. The third kappa shape index (κ3) is 3.95. The van der Waals surface area contributed by atoms with Crippen molar-refractivity contribution in [3.05, 3.63) is 63.8 Å². The van der Waals surface area contributed by atoms with Crippen molar-refractivity contribution in [3.63, 3.8) is 0 Å². The second kappa shape index (κ2) is 7.31. The molecule has 1 N–H and O–H groups in total. The van der Waals surface area contributed by atoms with Gasteiger partial charge in [-0.3, -0.25) is 9.59 Å². The molecule has 1 amide bonds. The summed E-state index contributed by atoms with van der Waals surface area (Å²) in [5.74, 6) is 0.324. The highest BCUT2D eigenvalue weighted by Crippen LogP contribution is 2.22. The predicted molar refractivity (Wildman–Crippen MR) is 98.2 cm³/mol. The van der Waals surface area contributed by atoms with Crippen molar-refractivity contribution in [1.82, 2.24) is 9.78 Å². The molecule has 6 nitrogen and oxygen atoms in total. The Morgan fingerprint density at radius 3 is 2.84 bits per heavy atom. The number of ether oxygens (including phenoxy) is 1. The van der Waals surface area contributed by atoms with Crippen molar-refractivity contribution in [2.45, 2.75) is 13.5 Å². The fourth-order valence-electron chi connectivity index (χ4n) is 2.31. The molecule has 0 bridgehead atoms. The van der Waals surface area contributed by atoms with E-state index in [-0.39, 0.29) is 18.0 Å². The van der Waals surface area contributed by atoms with Gasteiger partial charge in [0.25, 0.3) is 5.56 Å². The third-order valence-corrected chi connectivity index (χ3v) is 4.54. The van der Waals surface area contributed by atoms with Gasteiger partial charge >= 0.3 is 0 Å². The van der Waals surface area contributed by atoms with Crippen LogP contribution in [0.1, 0.15) is 5.56 Å². The molecule has 0 unspecified atom stereocenters. The minimum atomic E-state index is -0.325. The lowest BCUT2D eigenvalue weighted by Gasteiger charge is -2.11. The Morgan fingerprint density at radius 1 is 1.28 bits per heavy atom. The van der Waals surface area contributed by atoms with Crippen LogP contribution in [-0.2, 0) is 11.3 Å². The van der Waals surface area contributed by atoms with E-state index < -0.39 is 0 Å². The molecule has 3 rings (SSSR count). The average molecular weight is 355 g/mol. The molecule has 2 heterocycles. The van der Waals surface area contributed by atoms with Crippen LogP contribution in [-0.4, -0.2) is 22.8 Å². The first-order chi connectivity index (χ1) is 12.1. The lowest BCUT2D eigenvalue weighted by molar-refractivity contribution is -0.117. The zero-order valence-electron chi connectivity index (χ0n) is 13.9. The van der Waals surface area contributed by atoms with Crippen molar-refractivity contribution in [1.29, 1.82) is 0 Å². The number of thiophene rings is 1. The maximum absolute atomic E-state index is 12.3. The SMILES string of the molecule is COc1ccc(C)c(NC(=O)Cn2nc(-c3cccs3)ccc2=O)c1. The summed E-state index contributed by atoms with van der Waals surface area (Å²) in [6.45, 7) is 1.73. The molecule has 0 atom stereocenters. The van der Waals surface area contributed by atoms with Crippen molar-refractivity contribution in [2.24, 2.45) is 0 Å². The molecule has 3 aromatic rings. The summed E-state index contributed by atoms with van der Waals surface area (Å²) in [6, 6.07) is 12.3. The van der Waals surface area contributed by atoms with E-state index in [9.17, 15) is 9.59 Å². The van der Waals surface area contributed by atoms with Gasteiger partial charge in [-0.15, -0.1) is 11.3 Å². The Bertz CT molecular complexity index is 948. The van der Waals surface area contributed by atoms with Gasteiger partial charge in [0.2, 0.25) is 5.91 Å². The number of anilines is 1. The third-order valence-electron chi connectivity index (χ3n) is 3.65. The maximum atomic E-state index is 12.3. The number of nitrogens with zero attached hydrogens (tertiary/aromatic N) is 2. The largest absolute Gasteiger partial charge is 0.497 e. The summed E-state index contributed by atoms with van der Waals surface area (Å²) >= 11 is 1.53. The molecule has 128 valence electrons. The number of methoxy groups -OCH3 is 1. The second-order valence-corrected chi connectivity index (χ2v) is 6.37. The quantitative estimate of drug-likeness (QED) is 0.764. The van der Waals surface area contributed by atoms with Crippen LogP contribution in [0, 0.1) is 6.92 Å². The molecular weight excluding hydrogens is 338 g/mol. The number of hydrogen-bond donors (Lipinski definition) is 1. The highest BCUT2D eigenvalue weighted by Gasteiger charge is 2.10. The molecule has 0 aliphatic heterocycles. The van der Waals surface area contributed by atoms with Gasteiger partial charge in [0.15, 0.2) is 0 Å². The van der Waals surface area contributed by atoms with E-state index >= 15 is 0 Å². The van der Waals surface area contributed by atoms with Gasteiger partial charge in [0.1, 0.15) is 18.0 Å². The van der Waals surface area contributed by atoms with E-state index in [2.05, 4.69) is 10.4 Å². The van der Waals surface area contributed by atoms with Crippen LogP contribution >= 0.6 is 11.3 Å². The summed E-state index contributed by atoms with van der Waals surface area (Å²) in [6.07, 6.45) is 0. The van der Waals surface area contributed by atoms with Gasteiger partial charge in [-0.05, 0) is 36.1 Å². The fourth-order valence-corrected chi connectivity index (χ4v) is 3.00. The van der Waals surface area contributed by atoms with Gasteiger partial charge in [0, 0.05) is 17.8 Å². The molecule has 0 saturated heterocycles. The molecule has 2 aromatic heterocycles. The number of aryl methyl sites for hydroxylation is 1. The van der Waals surface area contributed by atoms with Gasteiger partial charge in [-0.2, -0.15) is 5.10 Å². The second-order valence-electron chi connectivity index (χ2n) is 5.42. The molecule has 0 fully saturated rings. The van der Waals surface area contributed by atoms with Gasteiger partial charge < -0.3 is 10.1 Å². The van der Waals surface area contributed by atoms with E-state index in [1.807, 2.05) is 36.6 Å². The van der Waals surface area contributed by atoms with Crippen molar-refractivity contribution >= 4 is 22.9 Å². The summed E-state index contributed by atoms with van der Waals surface area (Å²) < 4.78 is 6.33. The first-order valence-corrected chi connectivity index (χ1v) is 8.51. The topological polar surface area (TPSA) is 73.2 Å². The number of nitrogens with one attached hydrogen (secondary N) is 1. The Balaban J connectivity index is 1.79. The average Bonchev–Trinajstić information content (AvgIpc) is 3.13. The zero-order valence-corrected chi connectivity index (χ0v) is 14.7. The number of amides is 1. The Kier molecular flexibility index (Phi) is 4.95. The highest BCUT2D eigenvalue weighted by molar-refractivity contribution is 7.13.